The van der Waals surface area contributed by atoms with Crippen molar-refractivity contribution in [1.29, 1.82) is 0 Å². The minimum Gasteiger partial charge on any atom is -0.310 e. The number of fused-ring (bicyclic) bond motifs is 6. The van der Waals surface area contributed by atoms with Crippen LogP contribution in [0.5, 0.6) is 0 Å². The maximum Gasteiger partial charge on any atom is 0.115 e. The van der Waals surface area contributed by atoms with E-state index in [2.05, 4.69) is 215 Å². The van der Waals surface area contributed by atoms with Gasteiger partial charge in [0, 0.05) is 38.4 Å². The Kier molecular flexibility index (Phi) is 9.31. The monoisotopic (exact) mass is 818 g/mol. The smallest absolute Gasteiger partial charge is 0.115 e. The number of nitrogens with zero attached hydrogens (tertiary/aromatic N) is 2. The van der Waals surface area contributed by atoms with Gasteiger partial charge in [-0.3, -0.25) is 0 Å². The molecule has 0 saturated carbocycles. The summed E-state index contributed by atoms with van der Waals surface area (Å²) in [5, 5.41) is 4.11. The Morgan fingerprint density at radius 2 is 0.769 bits per heavy atom. The van der Waals surface area contributed by atoms with Gasteiger partial charge in [-0.1, -0.05) is 186 Å². The van der Waals surface area contributed by atoms with E-state index in [9.17, 15) is 0 Å². The lowest BCUT2D eigenvalue weighted by Crippen LogP contribution is -2.35. The summed E-state index contributed by atoms with van der Waals surface area (Å²) >= 11 is 0. The predicted molar refractivity (Wildman–Crippen MR) is 278 cm³/mol. The topological polar surface area (TPSA) is 9.86 Å². The fourth-order valence-corrected chi connectivity index (χ4v) is 9.91. The van der Waals surface area contributed by atoms with Gasteiger partial charge in [0.05, 0.1) is 16.6 Å². The van der Waals surface area contributed by atoms with Crippen LogP contribution in [-0.2, 0) is 0 Å². The molecule has 0 unspecified atom stereocenters. The van der Waals surface area contributed by atoms with E-state index in [-0.39, 0.29) is 0 Å². The molecule has 2 heterocycles. The molecule has 0 aliphatic heterocycles. The Balaban J connectivity index is 1.06. The summed E-state index contributed by atoms with van der Waals surface area (Å²) in [5.74, 6) is 0. The van der Waals surface area contributed by atoms with Crippen molar-refractivity contribution < 1.29 is 0 Å². The molecule has 10 aromatic carbocycles. The van der Waals surface area contributed by atoms with Gasteiger partial charge in [-0.15, -0.1) is 0 Å². The van der Waals surface area contributed by atoms with E-state index in [0.29, 0.717) is 16.4 Å². The number of hydrogen-bond donors (Lipinski definition) is 0. The van der Waals surface area contributed by atoms with E-state index in [1.54, 1.807) is 0 Å². The molecule has 0 bridgehead atoms. The van der Waals surface area contributed by atoms with Crippen LogP contribution in [0.2, 0.25) is 0 Å². The predicted octanol–water partition coefficient (Wildman–Crippen LogP) is 12.6. The average Bonchev–Trinajstić information content (AvgIpc) is 3.90. The summed E-state index contributed by atoms with van der Waals surface area (Å²) in [5.41, 5.74) is 18.3. The van der Waals surface area contributed by atoms with E-state index >= 15 is 0 Å². The van der Waals surface area contributed by atoms with Crippen LogP contribution < -0.4 is 16.4 Å². The minimum absolute atomic E-state index is 0.452. The van der Waals surface area contributed by atoms with Gasteiger partial charge in [0.25, 0.3) is 0 Å². The second-order valence-corrected chi connectivity index (χ2v) is 16.8. The van der Waals surface area contributed by atoms with Crippen LogP contribution in [0.1, 0.15) is 0 Å². The van der Waals surface area contributed by atoms with E-state index in [0.717, 1.165) is 93.9 Å². The Morgan fingerprint density at radius 1 is 0.262 bits per heavy atom. The average molecular weight is 818 g/mol. The Bertz CT molecular complexity index is 3780. The van der Waals surface area contributed by atoms with Gasteiger partial charge in [-0.25, -0.2) is 0 Å². The zero-order valence-corrected chi connectivity index (χ0v) is 35.5. The van der Waals surface area contributed by atoms with E-state index < -0.39 is 0 Å². The Labute approximate surface area is 382 Å². The molecule has 12 aromatic rings. The summed E-state index contributed by atoms with van der Waals surface area (Å²) in [6.07, 6.45) is 0. The highest BCUT2D eigenvalue weighted by molar-refractivity contribution is 6.60. The van der Waals surface area contributed by atoms with Gasteiger partial charge >= 0.3 is 0 Å². The highest BCUT2D eigenvalue weighted by Crippen LogP contribution is 2.39. The van der Waals surface area contributed by atoms with Crippen molar-refractivity contribution in [2.24, 2.45) is 0 Å². The van der Waals surface area contributed by atoms with Gasteiger partial charge in [0.2, 0.25) is 0 Å². The van der Waals surface area contributed by atoms with Crippen LogP contribution in [0, 0.1) is 0 Å². The molecule has 0 aliphatic rings. The third-order valence-electron chi connectivity index (χ3n) is 13.0. The van der Waals surface area contributed by atoms with Crippen molar-refractivity contribution in [3.05, 3.63) is 224 Å². The maximum atomic E-state index is 7.49. The van der Waals surface area contributed by atoms with Crippen LogP contribution in [0.4, 0.5) is 0 Å². The maximum absolute atomic E-state index is 7.49. The largest absolute Gasteiger partial charge is 0.310 e. The summed E-state index contributed by atoms with van der Waals surface area (Å²) in [6, 6.07) is 79.2. The molecule has 65 heavy (non-hydrogen) atoms. The van der Waals surface area contributed by atoms with Crippen LogP contribution >= 0.6 is 0 Å². The summed E-state index contributed by atoms with van der Waals surface area (Å²) in [6.45, 7) is 0. The highest BCUT2D eigenvalue weighted by atomic mass is 15.0. The zero-order chi connectivity index (χ0) is 43.6. The van der Waals surface area contributed by atoms with Gasteiger partial charge in [0.15, 0.2) is 0 Å². The summed E-state index contributed by atoms with van der Waals surface area (Å²) in [4.78, 5) is 0. The molecular formula is C60H37B3N2. The van der Waals surface area contributed by atoms with Crippen LogP contribution in [0.15, 0.2) is 224 Å². The lowest BCUT2D eigenvalue weighted by molar-refractivity contribution is 1.18. The Morgan fingerprint density at radius 3 is 1.46 bits per heavy atom. The van der Waals surface area contributed by atoms with Gasteiger partial charge in [-0.2, -0.15) is 0 Å². The SMILES string of the molecule is [B]c1c(-c2ccc3c(c2)c2ccccc2n3-c2ccc(-c3ccccc3)cc2)c([B])c2c3ccc(-c4cccc(-c5ccccc5)c4)cc3n(-c3cccc(-c4ccccc4)c3)c2c1[B]. The molecule has 0 fully saturated rings. The fourth-order valence-electron chi connectivity index (χ4n) is 9.91. The first kappa shape index (κ1) is 38.7. The standard InChI is InChI=1S/C60H37B3N2/c61-57-55(46-29-33-53-51(36-46)49-24-10-11-25-52(49)64(53)47-30-26-41(27-31-47)38-14-4-1-5-15-38)58(62)59(63)60-56(57)50-32-28-45(43-21-12-20-42(34-43)39-16-6-2-7-17-39)37-54(50)65(60)48-23-13-22-44(35-48)40-18-8-3-9-19-40/h1-37H. The number of benzene rings is 10. The van der Waals surface area contributed by atoms with Gasteiger partial charge in [-0.05, 0) is 110 Å². The van der Waals surface area contributed by atoms with Crippen molar-refractivity contribution >= 4 is 83.5 Å². The van der Waals surface area contributed by atoms with Gasteiger partial charge in [0.1, 0.15) is 23.5 Å². The molecule has 0 amide bonds. The zero-order valence-electron chi connectivity index (χ0n) is 35.5. The first-order valence-corrected chi connectivity index (χ1v) is 22.0. The molecule has 2 nitrogen and oxygen atoms in total. The second kappa shape index (κ2) is 15.7. The quantitative estimate of drug-likeness (QED) is 0.142. The van der Waals surface area contributed by atoms with E-state index in [1.165, 1.54) is 16.7 Å². The summed E-state index contributed by atoms with van der Waals surface area (Å²) in [7, 11) is 22.1. The fraction of sp³-hybridized carbons (Fsp3) is 0. The number of aromatic nitrogens is 2. The molecule has 2 aromatic heterocycles. The molecule has 12 rings (SSSR count). The molecule has 0 N–H and O–H groups in total. The number of rotatable bonds is 7. The molecule has 0 spiro atoms. The third-order valence-corrected chi connectivity index (χ3v) is 13.0. The highest BCUT2D eigenvalue weighted by Gasteiger charge is 2.23. The van der Waals surface area contributed by atoms with Crippen molar-refractivity contribution in [3.8, 4) is 67.0 Å². The second-order valence-electron chi connectivity index (χ2n) is 16.8. The van der Waals surface area contributed by atoms with E-state index in [1.807, 2.05) is 18.2 Å². The van der Waals surface area contributed by atoms with Crippen LogP contribution in [0.3, 0.4) is 0 Å². The summed E-state index contributed by atoms with van der Waals surface area (Å²) < 4.78 is 4.57. The molecule has 6 radical (unpaired) electrons. The van der Waals surface area contributed by atoms with Crippen LogP contribution in [-0.4, -0.2) is 32.7 Å². The van der Waals surface area contributed by atoms with Crippen molar-refractivity contribution in [3.63, 3.8) is 0 Å². The van der Waals surface area contributed by atoms with Crippen molar-refractivity contribution in [1.82, 2.24) is 9.13 Å². The molecule has 0 saturated heterocycles. The normalized spacial score (nSPS) is 11.6. The lowest BCUT2D eigenvalue weighted by atomic mass is 9.69. The minimum atomic E-state index is 0.452. The molecule has 0 aliphatic carbocycles. The van der Waals surface area contributed by atoms with Crippen LogP contribution in [0.25, 0.3) is 111 Å². The van der Waals surface area contributed by atoms with Crippen molar-refractivity contribution in [2.45, 2.75) is 0 Å². The van der Waals surface area contributed by atoms with Gasteiger partial charge < -0.3 is 9.13 Å². The number of hydrogen-bond acceptors (Lipinski definition) is 0. The first-order chi connectivity index (χ1) is 32.0. The Hall–Kier alpha value is -8.01. The molecule has 0 atom stereocenters. The number of para-hydroxylation sites is 1. The lowest BCUT2D eigenvalue weighted by Gasteiger charge is -2.19. The molecular weight excluding hydrogens is 781 g/mol. The third kappa shape index (κ3) is 6.46. The van der Waals surface area contributed by atoms with Crippen molar-refractivity contribution in [2.75, 3.05) is 0 Å². The molecule has 5 heteroatoms. The first-order valence-electron chi connectivity index (χ1n) is 22.0. The molecule has 296 valence electrons. The van der Waals surface area contributed by atoms with E-state index in [4.69, 9.17) is 23.5 Å².